The summed E-state index contributed by atoms with van der Waals surface area (Å²) in [7, 11) is 0. The maximum absolute atomic E-state index is 12.8. The SMILES string of the molecule is CC(C)(C)C(=O)N1CCC(C(=O)NNC(=O)c2ccc(F)cc2)CC1. The van der Waals surface area contributed by atoms with Gasteiger partial charge in [0.1, 0.15) is 5.82 Å². The zero-order chi connectivity index (χ0) is 18.6. The third-order valence-corrected chi connectivity index (χ3v) is 4.20. The third kappa shape index (κ3) is 5.01. The number of nitrogens with zero attached hydrogens (tertiary/aromatic N) is 1. The molecule has 1 fully saturated rings. The molecule has 0 radical (unpaired) electrons. The summed E-state index contributed by atoms with van der Waals surface area (Å²) in [4.78, 5) is 38.1. The van der Waals surface area contributed by atoms with E-state index in [2.05, 4.69) is 10.9 Å². The first-order chi connectivity index (χ1) is 11.7. The number of hydrazine groups is 1. The Morgan fingerprint density at radius 2 is 1.60 bits per heavy atom. The molecule has 3 amide bonds. The smallest absolute Gasteiger partial charge is 0.269 e. The molecule has 0 atom stereocenters. The van der Waals surface area contributed by atoms with Crippen molar-refractivity contribution < 1.29 is 18.8 Å². The predicted octanol–water partition coefficient (Wildman–Crippen LogP) is 1.87. The van der Waals surface area contributed by atoms with Crippen LogP contribution in [0, 0.1) is 17.2 Å². The van der Waals surface area contributed by atoms with Gasteiger partial charge >= 0.3 is 0 Å². The summed E-state index contributed by atoms with van der Waals surface area (Å²) < 4.78 is 12.8. The summed E-state index contributed by atoms with van der Waals surface area (Å²) in [5.41, 5.74) is 4.56. The molecule has 6 nitrogen and oxygen atoms in total. The average molecular weight is 349 g/mol. The van der Waals surface area contributed by atoms with Crippen LogP contribution in [0.5, 0.6) is 0 Å². The molecule has 2 N–H and O–H groups in total. The van der Waals surface area contributed by atoms with Gasteiger partial charge in [-0.2, -0.15) is 0 Å². The number of carbonyl (C=O) groups excluding carboxylic acids is 3. The van der Waals surface area contributed by atoms with Crippen LogP contribution in [-0.2, 0) is 9.59 Å². The maximum atomic E-state index is 12.8. The predicted molar refractivity (Wildman–Crippen MR) is 90.8 cm³/mol. The Labute approximate surface area is 146 Å². The Hall–Kier alpha value is -2.44. The molecule has 136 valence electrons. The highest BCUT2D eigenvalue weighted by molar-refractivity contribution is 5.95. The molecule has 7 heteroatoms. The number of halogens is 1. The summed E-state index contributed by atoms with van der Waals surface area (Å²) in [6.07, 6.45) is 1.11. The summed E-state index contributed by atoms with van der Waals surface area (Å²) in [6.45, 7) is 6.68. The van der Waals surface area contributed by atoms with Crippen molar-refractivity contribution in [1.82, 2.24) is 15.8 Å². The van der Waals surface area contributed by atoms with Crippen LogP contribution in [0.1, 0.15) is 44.0 Å². The molecule has 1 aliphatic rings. The first-order valence-electron chi connectivity index (χ1n) is 8.33. The highest BCUT2D eigenvalue weighted by atomic mass is 19.1. The van der Waals surface area contributed by atoms with Gasteiger partial charge in [-0.25, -0.2) is 4.39 Å². The second kappa shape index (κ2) is 7.63. The Balaban J connectivity index is 1.80. The van der Waals surface area contributed by atoms with Crippen molar-refractivity contribution in [2.45, 2.75) is 33.6 Å². The van der Waals surface area contributed by atoms with E-state index < -0.39 is 17.1 Å². The van der Waals surface area contributed by atoms with Gasteiger partial charge in [0.2, 0.25) is 11.8 Å². The van der Waals surface area contributed by atoms with Crippen molar-refractivity contribution in [2.24, 2.45) is 11.3 Å². The van der Waals surface area contributed by atoms with Gasteiger partial charge in [0, 0.05) is 30.0 Å². The van der Waals surface area contributed by atoms with E-state index in [4.69, 9.17) is 0 Å². The summed E-state index contributed by atoms with van der Waals surface area (Å²) in [5, 5.41) is 0. The van der Waals surface area contributed by atoms with E-state index >= 15 is 0 Å². The van der Waals surface area contributed by atoms with Crippen LogP contribution < -0.4 is 10.9 Å². The first-order valence-corrected chi connectivity index (χ1v) is 8.33. The monoisotopic (exact) mass is 349 g/mol. The number of carbonyl (C=O) groups is 3. The number of likely N-dealkylation sites (tertiary alicyclic amines) is 1. The molecule has 0 aliphatic carbocycles. The lowest BCUT2D eigenvalue weighted by Crippen LogP contribution is -2.49. The van der Waals surface area contributed by atoms with Gasteiger partial charge in [0.25, 0.3) is 5.91 Å². The van der Waals surface area contributed by atoms with Crippen molar-refractivity contribution in [1.29, 1.82) is 0 Å². The lowest BCUT2D eigenvalue weighted by atomic mass is 9.91. The van der Waals surface area contributed by atoms with E-state index in [1.165, 1.54) is 24.3 Å². The molecule has 25 heavy (non-hydrogen) atoms. The molecule has 0 aromatic heterocycles. The van der Waals surface area contributed by atoms with Crippen LogP contribution in [-0.4, -0.2) is 35.7 Å². The first kappa shape index (κ1) is 18.9. The van der Waals surface area contributed by atoms with E-state index in [0.717, 1.165) is 0 Å². The summed E-state index contributed by atoms with van der Waals surface area (Å²) >= 11 is 0. The molecule has 1 aliphatic heterocycles. The maximum Gasteiger partial charge on any atom is 0.269 e. The summed E-state index contributed by atoms with van der Waals surface area (Å²) in [5.74, 6) is -1.39. The number of nitrogens with one attached hydrogen (secondary N) is 2. The molecule has 2 rings (SSSR count). The largest absolute Gasteiger partial charge is 0.342 e. The minimum absolute atomic E-state index is 0.0796. The van der Waals surface area contributed by atoms with Crippen molar-refractivity contribution in [3.8, 4) is 0 Å². The van der Waals surface area contributed by atoms with E-state index in [-0.39, 0.29) is 23.3 Å². The second-order valence-corrected chi connectivity index (χ2v) is 7.27. The minimum Gasteiger partial charge on any atom is -0.342 e. The molecule has 1 aromatic rings. The van der Waals surface area contributed by atoms with Crippen LogP contribution in [0.3, 0.4) is 0 Å². The van der Waals surface area contributed by atoms with Crippen LogP contribution >= 0.6 is 0 Å². The van der Waals surface area contributed by atoms with Crippen molar-refractivity contribution in [3.05, 3.63) is 35.6 Å². The third-order valence-electron chi connectivity index (χ3n) is 4.20. The molecule has 0 bridgehead atoms. The molecule has 1 saturated heterocycles. The average Bonchev–Trinajstić information content (AvgIpc) is 2.58. The number of amides is 3. The Morgan fingerprint density at radius 1 is 1.04 bits per heavy atom. The van der Waals surface area contributed by atoms with Gasteiger partial charge in [-0.05, 0) is 37.1 Å². The molecule has 1 aromatic carbocycles. The fourth-order valence-electron chi connectivity index (χ4n) is 2.71. The van der Waals surface area contributed by atoms with E-state index in [1.54, 1.807) is 4.90 Å². The van der Waals surface area contributed by atoms with Crippen molar-refractivity contribution >= 4 is 17.7 Å². The quantitative estimate of drug-likeness (QED) is 0.800. The summed E-state index contributed by atoms with van der Waals surface area (Å²) in [6, 6.07) is 5.04. The minimum atomic E-state index is -0.506. The van der Waals surface area contributed by atoms with E-state index in [9.17, 15) is 18.8 Å². The van der Waals surface area contributed by atoms with Crippen LogP contribution in [0.25, 0.3) is 0 Å². The Kier molecular flexibility index (Phi) is 5.77. The lowest BCUT2D eigenvalue weighted by Gasteiger charge is -2.35. The second-order valence-electron chi connectivity index (χ2n) is 7.27. The van der Waals surface area contributed by atoms with Crippen LogP contribution in [0.15, 0.2) is 24.3 Å². The molecular formula is C18H24FN3O3. The highest BCUT2D eigenvalue weighted by Crippen LogP contribution is 2.23. The van der Waals surface area contributed by atoms with Gasteiger partial charge in [-0.15, -0.1) is 0 Å². The number of piperidine rings is 1. The zero-order valence-corrected chi connectivity index (χ0v) is 14.8. The normalized spacial score (nSPS) is 15.6. The fourth-order valence-corrected chi connectivity index (χ4v) is 2.71. The number of benzene rings is 1. The molecule has 0 unspecified atom stereocenters. The molecule has 0 saturated carbocycles. The van der Waals surface area contributed by atoms with Gasteiger partial charge in [0.15, 0.2) is 0 Å². The number of hydrogen-bond acceptors (Lipinski definition) is 3. The van der Waals surface area contributed by atoms with Gasteiger partial charge < -0.3 is 4.90 Å². The van der Waals surface area contributed by atoms with E-state index in [0.29, 0.717) is 25.9 Å². The molecule has 1 heterocycles. The topological polar surface area (TPSA) is 78.5 Å². The fraction of sp³-hybridized carbons (Fsp3) is 0.500. The molecule has 0 spiro atoms. The molecular weight excluding hydrogens is 325 g/mol. The van der Waals surface area contributed by atoms with Crippen molar-refractivity contribution in [2.75, 3.05) is 13.1 Å². The van der Waals surface area contributed by atoms with Crippen molar-refractivity contribution in [3.63, 3.8) is 0 Å². The van der Waals surface area contributed by atoms with Crippen LogP contribution in [0.4, 0.5) is 4.39 Å². The van der Waals surface area contributed by atoms with E-state index in [1.807, 2.05) is 20.8 Å². The van der Waals surface area contributed by atoms with Gasteiger partial charge in [-0.1, -0.05) is 20.8 Å². The number of rotatable bonds is 2. The lowest BCUT2D eigenvalue weighted by molar-refractivity contribution is -0.142. The van der Waals surface area contributed by atoms with Gasteiger partial charge in [0.05, 0.1) is 0 Å². The number of hydrogen-bond donors (Lipinski definition) is 2. The standard InChI is InChI=1S/C18H24FN3O3/c1-18(2,3)17(25)22-10-8-13(9-11-22)16(24)21-20-15(23)12-4-6-14(19)7-5-12/h4-7,13H,8-11H2,1-3H3,(H,20,23)(H,21,24). The Morgan fingerprint density at radius 3 is 2.12 bits per heavy atom. The zero-order valence-electron chi connectivity index (χ0n) is 14.8. The van der Waals surface area contributed by atoms with Gasteiger partial charge in [-0.3, -0.25) is 25.2 Å². The highest BCUT2D eigenvalue weighted by Gasteiger charge is 2.32. The Bertz CT molecular complexity index is 645. The van der Waals surface area contributed by atoms with Crippen LogP contribution in [0.2, 0.25) is 0 Å².